The number of halogens is 3. The number of hydrogen-bond donors (Lipinski definition) is 1. The van der Waals surface area contributed by atoms with Crippen LogP contribution in [0.25, 0.3) is 0 Å². The Kier molecular flexibility index (Phi) is 3.38. The summed E-state index contributed by atoms with van der Waals surface area (Å²) in [6.07, 6.45) is 0. The van der Waals surface area contributed by atoms with Gasteiger partial charge >= 0.3 is 6.98 Å². The van der Waals surface area contributed by atoms with Crippen molar-refractivity contribution in [1.82, 2.24) is 10.2 Å². The molecular formula is C7H13BF3N2-. The number of rotatable bonds is 3. The Labute approximate surface area is 75.8 Å². The predicted octanol–water partition coefficient (Wildman–Crippen LogP) is 0.834. The SMILES string of the molecule is C=C(CN1CCNCC1)[B-](F)(F)F. The molecule has 13 heavy (non-hydrogen) atoms. The molecule has 0 saturated carbocycles. The quantitative estimate of drug-likeness (QED) is 0.668. The first-order valence-corrected chi connectivity index (χ1v) is 4.31. The van der Waals surface area contributed by atoms with Crippen LogP contribution in [-0.2, 0) is 0 Å². The van der Waals surface area contributed by atoms with E-state index in [0.29, 0.717) is 13.1 Å². The Balaban J connectivity index is 2.35. The van der Waals surface area contributed by atoms with Gasteiger partial charge in [-0.05, 0) is 6.54 Å². The molecule has 0 aromatic carbocycles. The maximum atomic E-state index is 12.1. The lowest BCUT2D eigenvalue weighted by atomic mass is 9.80. The van der Waals surface area contributed by atoms with Crippen LogP contribution < -0.4 is 5.32 Å². The van der Waals surface area contributed by atoms with Crippen molar-refractivity contribution in [2.24, 2.45) is 0 Å². The summed E-state index contributed by atoms with van der Waals surface area (Å²) in [6, 6.07) is 0. The fourth-order valence-corrected chi connectivity index (χ4v) is 1.26. The van der Waals surface area contributed by atoms with E-state index in [4.69, 9.17) is 0 Å². The molecule has 1 fully saturated rings. The van der Waals surface area contributed by atoms with Crippen molar-refractivity contribution in [2.45, 2.75) is 0 Å². The highest BCUT2D eigenvalue weighted by atomic mass is 19.4. The molecule has 0 spiro atoms. The van der Waals surface area contributed by atoms with E-state index in [-0.39, 0.29) is 6.54 Å². The molecule has 0 aromatic rings. The van der Waals surface area contributed by atoms with Crippen molar-refractivity contribution < 1.29 is 12.9 Å². The molecule has 0 radical (unpaired) electrons. The summed E-state index contributed by atoms with van der Waals surface area (Å²) in [4.78, 5) is 1.77. The molecule has 1 rings (SSSR count). The van der Waals surface area contributed by atoms with Crippen LogP contribution in [0.15, 0.2) is 12.1 Å². The minimum atomic E-state index is -4.86. The summed E-state index contributed by atoms with van der Waals surface area (Å²) in [5, 5.41) is 3.08. The molecule has 1 heterocycles. The van der Waals surface area contributed by atoms with E-state index in [2.05, 4.69) is 11.9 Å². The molecule has 1 N–H and O–H groups in total. The van der Waals surface area contributed by atoms with Crippen molar-refractivity contribution in [3.63, 3.8) is 0 Å². The van der Waals surface area contributed by atoms with Gasteiger partial charge in [-0.3, -0.25) is 4.90 Å². The van der Waals surface area contributed by atoms with Crippen LogP contribution in [0.4, 0.5) is 12.9 Å². The van der Waals surface area contributed by atoms with E-state index in [1.165, 1.54) is 0 Å². The van der Waals surface area contributed by atoms with Gasteiger partial charge < -0.3 is 18.3 Å². The number of hydrogen-bond acceptors (Lipinski definition) is 2. The topological polar surface area (TPSA) is 15.3 Å². The highest BCUT2D eigenvalue weighted by Gasteiger charge is 2.27. The summed E-state index contributed by atoms with van der Waals surface area (Å²) in [5.74, 6) is 0. The maximum Gasteiger partial charge on any atom is 0.506 e. The molecule has 0 unspecified atom stereocenters. The van der Waals surface area contributed by atoms with Crippen LogP contribution in [0, 0.1) is 0 Å². The minimum absolute atomic E-state index is 0.0365. The third-order valence-corrected chi connectivity index (χ3v) is 2.10. The zero-order chi connectivity index (χ0) is 9.90. The Morgan fingerprint density at radius 1 is 1.31 bits per heavy atom. The van der Waals surface area contributed by atoms with E-state index in [1.807, 2.05) is 0 Å². The second-order valence-corrected chi connectivity index (χ2v) is 3.26. The molecule has 2 nitrogen and oxygen atoms in total. The molecule has 0 amide bonds. The molecule has 1 aliphatic heterocycles. The summed E-state index contributed by atoms with van der Waals surface area (Å²) in [6.45, 7) is 1.04. The lowest BCUT2D eigenvalue weighted by Gasteiger charge is -2.30. The summed E-state index contributed by atoms with van der Waals surface area (Å²) < 4.78 is 36.4. The summed E-state index contributed by atoms with van der Waals surface area (Å²) in [7, 11) is 0. The third-order valence-electron chi connectivity index (χ3n) is 2.10. The number of nitrogens with zero attached hydrogens (tertiary/aromatic N) is 1. The molecule has 0 aromatic heterocycles. The molecular weight excluding hydrogens is 180 g/mol. The van der Waals surface area contributed by atoms with Gasteiger partial charge in [0, 0.05) is 26.2 Å². The second-order valence-electron chi connectivity index (χ2n) is 3.26. The van der Waals surface area contributed by atoms with Gasteiger partial charge in [0.25, 0.3) is 0 Å². The van der Waals surface area contributed by atoms with E-state index >= 15 is 0 Å². The van der Waals surface area contributed by atoms with E-state index in [9.17, 15) is 12.9 Å². The van der Waals surface area contributed by atoms with Crippen molar-refractivity contribution in [1.29, 1.82) is 0 Å². The van der Waals surface area contributed by atoms with Gasteiger partial charge in [-0.1, -0.05) is 0 Å². The van der Waals surface area contributed by atoms with Gasteiger partial charge in [0.2, 0.25) is 0 Å². The molecule has 1 aliphatic rings. The van der Waals surface area contributed by atoms with Crippen molar-refractivity contribution in [2.75, 3.05) is 32.7 Å². The van der Waals surface area contributed by atoms with Crippen LogP contribution >= 0.6 is 0 Å². The van der Waals surface area contributed by atoms with Gasteiger partial charge in [-0.2, -0.15) is 0 Å². The normalized spacial score (nSPS) is 20.2. The van der Waals surface area contributed by atoms with Crippen LogP contribution in [0.5, 0.6) is 0 Å². The van der Waals surface area contributed by atoms with Gasteiger partial charge in [0.1, 0.15) is 0 Å². The minimum Gasteiger partial charge on any atom is -0.445 e. The van der Waals surface area contributed by atoms with E-state index < -0.39 is 12.4 Å². The summed E-state index contributed by atoms with van der Waals surface area (Å²) in [5.41, 5.74) is -0.595. The fourth-order valence-electron chi connectivity index (χ4n) is 1.26. The zero-order valence-corrected chi connectivity index (χ0v) is 7.40. The van der Waals surface area contributed by atoms with Gasteiger partial charge in [0.15, 0.2) is 0 Å². The first-order valence-electron chi connectivity index (χ1n) is 4.31. The molecule has 0 aliphatic carbocycles. The Morgan fingerprint density at radius 3 is 2.31 bits per heavy atom. The van der Waals surface area contributed by atoms with Gasteiger partial charge in [0.05, 0.1) is 0 Å². The maximum absolute atomic E-state index is 12.1. The Hall–Kier alpha value is -0.485. The smallest absolute Gasteiger partial charge is 0.445 e. The van der Waals surface area contributed by atoms with Crippen molar-refractivity contribution in [3.05, 3.63) is 12.1 Å². The second kappa shape index (κ2) is 4.15. The fraction of sp³-hybridized carbons (Fsp3) is 0.714. The third kappa shape index (κ3) is 3.40. The molecule has 0 bridgehead atoms. The zero-order valence-electron chi connectivity index (χ0n) is 7.40. The first kappa shape index (κ1) is 10.6. The van der Waals surface area contributed by atoms with Crippen molar-refractivity contribution in [3.8, 4) is 0 Å². The molecule has 1 saturated heterocycles. The van der Waals surface area contributed by atoms with E-state index in [0.717, 1.165) is 13.1 Å². The van der Waals surface area contributed by atoms with Crippen LogP contribution in [-0.4, -0.2) is 44.6 Å². The van der Waals surface area contributed by atoms with Crippen LogP contribution in [0.2, 0.25) is 0 Å². The lowest BCUT2D eigenvalue weighted by molar-refractivity contribution is 0.259. The first-order chi connectivity index (χ1) is 6.00. The molecule has 6 heteroatoms. The average molecular weight is 193 g/mol. The van der Waals surface area contributed by atoms with Gasteiger partial charge in [-0.25, -0.2) is 0 Å². The standard InChI is InChI=1S/C7H13BF3N2/c1-7(8(9,10)11)6-13-4-2-12-3-5-13/h12H,1-6H2/q-1. The van der Waals surface area contributed by atoms with E-state index in [1.54, 1.807) is 4.90 Å². The Morgan fingerprint density at radius 2 is 1.85 bits per heavy atom. The van der Waals surface area contributed by atoms with Crippen LogP contribution in [0.1, 0.15) is 0 Å². The summed E-state index contributed by atoms with van der Waals surface area (Å²) >= 11 is 0. The monoisotopic (exact) mass is 193 g/mol. The average Bonchev–Trinajstić information content (AvgIpc) is 2.04. The van der Waals surface area contributed by atoms with Crippen molar-refractivity contribution >= 4 is 6.98 Å². The van der Waals surface area contributed by atoms with Crippen LogP contribution in [0.3, 0.4) is 0 Å². The van der Waals surface area contributed by atoms with Gasteiger partial charge in [-0.15, -0.1) is 12.1 Å². The number of nitrogens with one attached hydrogen (secondary N) is 1. The largest absolute Gasteiger partial charge is 0.506 e. The highest BCUT2D eigenvalue weighted by molar-refractivity contribution is 6.66. The Bertz CT molecular complexity index is 187. The number of piperazine rings is 1. The predicted molar refractivity (Wildman–Crippen MR) is 47.5 cm³/mol. The molecule has 76 valence electrons. The molecule has 0 atom stereocenters. The highest BCUT2D eigenvalue weighted by Crippen LogP contribution is 2.18. The lowest BCUT2D eigenvalue weighted by Crippen LogP contribution is -2.45.